The van der Waals surface area contributed by atoms with Crippen LogP contribution < -0.4 is 5.32 Å². The van der Waals surface area contributed by atoms with Gasteiger partial charge in [-0.1, -0.05) is 54.6 Å². The van der Waals surface area contributed by atoms with Crippen molar-refractivity contribution in [3.8, 4) is 11.1 Å². The third kappa shape index (κ3) is 4.58. The van der Waals surface area contributed by atoms with Gasteiger partial charge in [0.2, 0.25) is 5.91 Å². The van der Waals surface area contributed by atoms with Crippen molar-refractivity contribution in [3.05, 3.63) is 94.5 Å². The second kappa shape index (κ2) is 9.54. The number of hydrogen-bond acceptors (Lipinski definition) is 4. The summed E-state index contributed by atoms with van der Waals surface area (Å²) in [4.78, 5) is 53.3. The van der Waals surface area contributed by atoms with Crippen molar-refractivity contribution in [2.45, 2.75) is 38.5 Å². The third-order valence-electron chi connectivity index (χ3n) is 7.07. The number of nitrogens with zero attached hydrogens (tertiary/aromatic N) is 2. The molecule has 0 bridgehead atoms. The van der Waals surface area contributed by atoms with Crippen LogP contribution in [0.25, 0.3) is 11.1 Å². The first-order chi connectivity index (χ1) is 17.7. The number of benzene rings is 3. The Labute approximate surface area is 214 Å². The molecule has 5 rings (SSSR count). The van der Waals surface area contributed by atoms with Gasteiger partial charge in [0, 0.05) is 37.7 Å². The van der Waals surface area contributed by atoms with Gasteiger partial charge in [0.15, 0.2) is 0 Å². The minimum atomic E-state index is -1.15. The lowest BCUT2D eigenvalue weighted by Gasteiger charge is -2.28. The molecule has 3 aromatic rings. The van der Waals surface area contributed by atoms with Crippen molar-refractivity contribution in [2.24, 2.45) is 0 Å². The van der Waals surface area contributed by atoms with E-state index >= 15 is 0 Å². The topological polar surface area (TPSA) is 107 Å². The summed E-state index contributed by atoms with van der Waals surface area (Å²) >= 11 is 0. The summed E-state index contributed by atoms with van der Waals surface area (Å²) in [6, 6.07) is 18.8. The molecule has 8 heteroatoms. The summed E-state index contributed by atoms with van der Waals surface area (Å²) in [6.45, 7) is 2.28. The number of carbonyl (C=O) groups excluding carboxylic acids is 3. The lowest BCUT2D eigenvalue weighted by molar-refractivity contribution is -0.142. The van der Waals surface area contributed by atoms with Gasteiger partial charge in [-0.2, -0.15) is 0 Å². The number of hydrogen-bond donors (Lipinski definition) is 2. The quantitative estimate of drug-likeness (QED) is 0.522. The molecule has 2 atom stereocenters. The number of carboxylic acid groups (broad SMARTS) is 1. The highest BCUT2D eigenvalue weighted by molar-refractivity contribution is 6.01. The summed E-state index contributed by atoms with van der Waals surface area (Å²) in [7, 11) is 1.78. The van der Waals surface area contributed by atoms with Crippen LogP contribution in [-0.2, 0) is 29.1 Å². The van der Waals surface area contributed by atoms with E-state index in [1.165, 1.54) is 11.8 Å². The first kappa shape index (κ1) is 24.2. The Morgan fingerprint density at radius 1 is 0.892 bits per heavy atom. The standard InChI is InChI=1S/C29H27N3O5/c1-17(29(36)37)30-26(33)25(32-16-21-5-3-4-6-23(21)28(32)35)13-18-7-9-19(10-8-18)20-11-12-22-15-31(2)27(34)24(22)14-20/h3-12,14,17,25H,13,15-16H2,1-2H3,(H,30,33)(H,36,37)/t17-,25-/m0/s1. The van der Waals surface area contributed by atoms with Crippen LogP contribution in [0.2, 0.25) is 0 Å². The maximum Gasteiger partial charge on any atom is 0.325 e. The number of fused-ring (bicyclic) bond motifs is 2. The Morgan fingerprint density at radius 2 is 1.57 bits per heavy atom. The fourth-order valence-corrected chi connectivity index (χ4v) is 4.93. The van der Waals surface area contributed by atoms with Crippen LogP contribution in [0.3, 0.4) is 0 Å². The predicted molar refractivity (Wildman–Crippen MR) is 137 cm³/mol. The molecule has 2 aliphatic heterocycles. The maximum absolute atomic E-state index is 13.2. The largest absolute Gasteiger partial charge is 0.480 e. The van der Waals surface area contributed by atoms with Crippen LogP contribution in [-0.4, -0.2) is 57.7 Å². The van der Waals surface area contributed by atoms with Gasteiger partial charge in [-0.15, -0.1) is 0 Å². The summed E-state index contributed by atoms with van der Waals surface area (Å²) in [6.07, 6.45) is 0.228. The molecule has 8 nitrogen and oxygen atoms in total. The van der Waals surface area contributed by atoms with Crippen LogP contribution in [0.15, 0.2) is 66.7 Å². The lowest BCUT2D eigenvalue weighted by atomic mass is 9.97. The molecule has 0 aromatic heterocycles. The van der Waals surface area contributed by atoms with E-state index in [0.29, 0.717) is 17.7 Å². The average Bonchev–Trinajstić information content (AvgIpc) is 3.38. The zero-order valence-corrected chi connectivity index (χ0v) is 20.6. The van der Waals surface area contributed by atoms with Gasteiger partial charge in [-0.05, 0) is 46.9 Å². The van der Waals surface area contributed by atoms with Gasteiger partial charge in [0.05, 0.1) is 0 Å². The molecule has 0 fully saturated rings. The molecule has 37 heavy (non-hydrogen) atoms. The van der Waals surface area contributed by atoms with Crippen LogP contribution in [0.4, 0.5) is 0 Å². The van der Waals surface area contributed by atoms with E-state index in [1.807, 2.05) is 54.6 Å². The van der Waals surface area contributed by atoms with Gasteiger partial charge in [0.25, 0.3) is 11.8 Å². The average molecular weight is 498 g/mol. The molecule has 3 aromatic carbocycles. The van der Waals surface area contributed by atoms with Crippen molar-refractivity contribution in [1.82, 2.24) is 15.1 Å². The Morgan fingerprint density at radius 3 is 2.27 bits per heavy atom. The van der Waals surface area contributed by atoms with Gasteiger partial charge >= 0.3 is 5.97 Å². The molecule has 0 saturated carbocycles. The molecular formula is C29H27N3O5. The van der Waals surface area contributed by atoms with E-state index in [9.17, 15) is 24.3 Å². The smallest absolute Gasteiger partial charge is 0.325 e. The number of aliphatic carboxylic acids is 1. The van der Waals surface area contributed by atoms with Crippen molar-refractivity contribution in [3.63, 3.8) is 0 Å². The van der Waals surface area contributed by atoms with E-state index in [-0.39, 0.29) is 24.8 Å². The van der Waals surface area contributed by atoms with Gasteiger partial charge < -0.3 is 20.2 Å². The predicted octanol–water partition coefficient (Wildman–Crippen LogP) is 3.10. The minimum absolute atomic E-state index is 0.00851. The zero-order valence-electron chi connectivity index (χ0n) is 20.6. The highest BCUT2D eigenvalue weighted by Gasteiger charge is 2.37. The Balaban J connectivity index is 1.39. The van der Waals surface area contributed by atoms with Crippen molar-refractivity contribution < 1.29 is 24.3 Å². The van der Waals surface area contributed by atoms with Crippen molar-refractivity contribution in [1.29, 1.82) is 0 Å². The number of amides is 3. The Hall–Kier alpha value is -4.46. The molecule has 0 spiro atoms. The van der Waals surface area contributed by atoms with E-state index in [2.05, 4.69) is 5.32 Å². The number of carbonyl (C=O) groups is 4. The maximum atomic E-state index is 13.2. The van der Waals surface area contributed by atoms with Crippen LogP contribution >= 0.6 is 0 Å². The van der Waals surface area contributed by atoms with Crippen molar-refractivity contribution in [2.75, 3.05) is 7.05 Å². The molecule has 0 saturated heterocycles. The van der Waals surface area contributed by atoms with Gasteiger partial charge in [-0.25, -0.2) is 0 Å². The van der Waals surface area contributed by atoms with Gasteiger partial charge in [0.1, 0.15) is 12.1 Å². The molecule has 0 unspecified atom stereocenters. The first-order valence-corrected chi connectivity index (χ1v) is 12.1. The van der Waals surface area contributed by atoms with E-state index in [0.717, 1.165) is 27.8 Å². The minimum Gasteiger partial charge on any atom is -0.480 e. The second-order valence-electron chi connectivity index (χ2n) is 9.61. The zero-order chi connectivity index (χ0) is 26.3. The van der Waals surface area contributed by atoms with E-state index < -0.39 is 24.0 Å². The summed E-state index contributed by atoms with van der Waals surface area (Å²) in [5.41, 5.74) is 5.78. The molecule has 3 amide bonds. The SMILES string of the molecule is C[C@H](NC(=O)[C@H](Cc1ccc(-c2ccc3c(c2)C(=O)N(C)C3)cc1)N1Cc2ccccc2C1=O)C(=O)O. The molecule has 0 aliphatic carbocycles. The fraction of sp³-hybridized carbons (Fsp3) is 0.241. The molecule has 2 aliphatic rings. The Bertz CT molecular complexity index is 1420. The summed E-state index contributed by atoms with van der Waals surface area (Å²) in [5, 5.41) is 11.8. The summed E-state index contributed by atoms with van der Waals surface area (Å²) < 4.78 is 0. The summed E-state index contributed by atoms with van der Waals surface area (Å²) in [5.74, 6) is -1.90. The number of nitrogens with one attached hydrogen (secondary N) is 1. The van der Waals surface area contributed by atoms with E-state index in [1.54, 1.807) is 24.1 Å². The monoisotopic (exact) mass is 497 g/mol. The molecule has 0 radical (unpaired) electrons. The second-order valence-corrected chi connectivity index (χ2v) is 9.61. The van der Waals surface area contributed by atoms with Crippen molar-refractivity contribution >= 4 is 23.7 Å². The highest BCUT2D eigenvalue weighted by atomic mass is 16.4. The fourth-order valence-electron chi connectivity index (χ4n) is 4.93. The lowest BCUT2D eigenvalue weighted by Crippen LogP contribution is -2.51. The molecule has 2 N–H and O–H groups in total. The number of rotatable bonds is 7. The third-order valence-corrected chi connectivity index (χ3v) is 7.07. The highest BCUT2D eigenvalue weighted by Crippen LogP contribution is 2.29. The van der Waals surface area contributed by atoms with Gasteiger partial charge in [-0.3, -0.25) is 19.2 Å². The van der Waals surface area contributed by atoms with E-state index in [4.69, 9.17) is 0 Å². The first-order valence-electron chi connectivity index (χ1n) is 12.1. The Kier molecular flexibility index (Phi) is 6.25. The molecular weight excluding hydrogens is 470 g/mol. The van der Waals surface area contributed by atoms with Crippen LogP contribution in [0.5, 0.6) is 0 Å². The normalized spacial score (nSPS) is 15.8. The van der Waals surface area contributed by atoms with Crippen LogP contribution in [0.1, 0.15) is 44.3 Å². The number of carboxylic acids is 1. The molecule has 188 valence electrons. The van der Waals surface area contributed by atoms with Crippen LogP contribution in [0, 0.1) is 0 Å². The molecule has 2 heterocycles.